The molecule has 1 aromatic rings. The van der Waals surface area contributed by atoms with Gasteiger partial charge >= 0.3 is 0 Å². The van der Waals surface area contributed by atoms with Gasteiger partial charge in [0.15, 0.2) is 0 Å². The van der Waals surface area contributed by atoms with Crippen LogP contribution in [0.1, 0.15) is 18.5 Å². The molecule has 1 aliphatic rings. The Labute approximate surface area is 122 Å². The highest BCUT2D eigenvalue weighted by Gasteiger charge is 2.18. The molecular formula is C16H27N3O. The van der Waals surface area contributed by atoms with Gasteiger partial charge in [0.25, 0.3) is 0 Å². The maximum atomic E-state index is 5.50. The van der Waals surface area contributed by atoms with E-state index >= 15 is 0 Å². The average Bonchev–Trinajstić information content (AvgIpc) is 2.48. The van der Waals surface area contributed by atoms with Crippen LogP contribution in [0.3, 0.4) is 0 Å². The number of nitrogens with one attached hydrogen (secondary N) is 1. The third kappa shape index (κ3) is 4.20. The van der Waals surface area contributed by atoms with E-state index in [1.54, 1.807) is 0 Å². The van der Waals surface area contributed by atoms with E-state index in [2.05, 4.69) is 46.4 Å². The minimum atomic E-state index is 0.383. The highest BCUT2D eigenvalue weighted by Crippen LogP contribution is 2.19. The molecule has 0 aliphatic carbocycles. The summed E-state index contributed by atoms with van der Waals surface area (Å²) in [6.45, 7) is 8.45. The molecule has 1 N–H and O–H groups in total. The van der Waals surface area contributed by atoms with Gasteiger partial charge in [-0.1, -0.05) is 12.1 Å². The van der Waals surface area contributed by atoms with E-state index in [4.69, 9.17) is 4.74 Å². The van der Waals surface area contributed by atoms with Crippen LogP contribution in [0, 0.1) is 0 Å². The summed E-state index contributed by atoms with van der Waals surface area (Å²) in [6.07, 6.45) is 0. The maximum absolute atomic E-state index is 5.50. The molecule has 2 rings (SSSR count). The molecule has 1 heterocycles. The average molecular weight is 277 g/mol. The molecule has 4 heteroatoms. The topological polar surface area (TPSA) is 27.7 Å². The highest BCUT2D eigenvalue weighted by atomic mass is 16.5. The number of rotatable bonds is 6. The largest absolute Gasteiger partial charge is 0.494 e. The van der Waals surface area contributed by atoms with Crippen LogP contribution in [0.25, 0.3) is 0 Å². The molecule has 1 unspecified atom stereocenters. The van der Waals surface area contributed by atoms with Gasteiger partial charge in [-0.25, -0.2) is 0 Å². The van der Waals surface area contributed by atoms with E-state index < -0.39 is 0 Å². The van der Waals surface area contributed by atoms with Gasteiger partial charge < -0.3 is 15.0 Å². The number of hydrogen-bond acceptors (Lipinski definition) is 4. The van der Waals surface area contributed by atoms with Crippen molar-refractivity contribution in [2.24, 2.45) is 0 Å². The van der Waals surface area contributed by atoms with Crippen molar-refractivity contribution in [3.63, 3.8) is 0 Å². The molecule has 4 nitrogen and oxygen atoms in total. The fraction of sp³-hybridized carbons (Fsp3) is 0.625. The van der Waals surface area contributed by atoms with E-state index in [1.165, 1.54) is 18.7 Å². The molecule has 1 atom stereocenters. The molecule has 1 saturated heterocycles. The molecule has 20 heavy (non-hydrogen) atoms. The molecule has 0 saturated carbocycles. The second-order valence-electron chi connectivity index (χ2n) is 5.45. The molecule has 112 valence electrons. The number of piperazine rings is 1. The molecule has 1 fully saturated rings. The predicted octanol–water partition coefficient (Wildman–Crippen LogP) is 1.59. The second kappa shape index (κ2) is 7.62. The van der Waals surface area contributed by atoms with Gasteiger partial charge in [0.05, 0.1) is 6.61 Å². The number of nitrogens with zero attached hydrogens (tertiary/aromatic N) is 2. The summed E-state index contributed by atoms with van der Waals surface area (Å²) in [5.74, 6) is 0.950. The number of hydrogen-bond donors (Lipinski definition) is 1. The molecule has 0 bridgehead atoms. The minimum absolute atomic E-state index is 0.383. The summed E-state index contributed by atoms with van der Waals surface area (Å²) in [6, 6.07) is 8.85. The Balaban J connectivity index is 1.93. The smallest absolute Gasteiger partial charge is 0.119 e. The van der Waals surface area contributed by atoms with Gasteiger partial charge in [-0.3, -0.25) is 4.90 Å². The van der Waals surface area contributed by atoms with Crippen molar-refractivity contribution >= 4 is 0 Å². The second-order valence-corrected chi connectivity index (χ2v) is 5.45. The first-order chi connectivity index (χ1) is 9.72. The number of ether oxygens (including phenoxy) is 1. The van der Waals surface area contributed by atoms with Gasteiger partial charge in [-0.05, 0) is 38.7 Å². The van der Waals surface area contributed by atoms with Crippen molar-refractivity contribution in [1.82, 2.24) is 15.1 Å². The Kier molecular flexibility index (Phi) is 5.83. The Morgan fingerprint density at radius 3 is 2.35 bits per heavy atom. The number of benzene rings is 1. The number of likely N-dealkylation sites (N-methyl/N-ethyl adjacent to an activating group) is 2. The van der Waals surface area contributed by atoms with Gasteiger partial charge in [0.2, 0.25) is 0 Å². The van der Waals surface area contributed by atoms with E-state index in [9.17, 15) is 0 Å². The quantitative estimate of drug-likeness (QED) is 0.855. The molecule has 0 aromatic heterocycles. The molecule has 0 radical (unpaired) electrons. The van der Waals surface area contributed by atoms with Crippen LogP contribution in [-0.4, -0.2) is 63.2 Å². The Morgan fingerprint density at radius 1 is 1.15 bits per heavy atom. The first-order valence-electron chi connectivity index (χ1n) is 7.54. The Bertz CT molecular complexity index is 385. The van der Waals surface area contributed by atoms with Crippen molar-refractivity contribution in [2.45, 2.75) is 13.0 Å². The van der Waals surface area contributed by atoms with Crippen molar-refractivity contribution < 1.29 is 4.74 Å². The first kappa shape index (κ1) is 15.3. The minimum Gasteiger partial charge on any atom is -0.494 e. The fourth-order valence-electron chi connectivity index (χ4n) is 2.62. The highest BCUT2D eigenvalue weighted by molar-refractivity contribution is 5.29. The third-order valence-corrected chi connectivity index (χ3v) is 3.98. The summed E-state index contributed by atoms with van der Waals surface area (Å²) in [5, 5.41) is 3.43. The zero-order valence-electron chi connectivity index (χ0n) is 12.9. The lowest BCUT2D eigenvalue weighted by Gasteiger charge is -2.34. The summed E-state index contributed by atoms with van der Waals surface area (Å²) in [4.78, 5) is 4.93. The van der Waals surface area contributed by atoms with E-state index in [0.29, 0.717) is 6.04 Å². The summed E-state index contributed by atoms with van der Waals surface area (Å²) < 4.78 is 5.50. The normalized spacial score (nSPS) is 18.9. The standard InChI is InChI=1S/C16H27N3O/c1-4-20-15-7-5-14(6-8-15)16(17-2)13-19-11-9-18(3)10-12-19/h5-8,16-17H,4,9-13H2,1-3H3. The monoisotopic (exact) mass is 277 g/mol. The van der Waals surface area contributed by atoms with E-state index in [1.807, 2.05) is 14.0 Å². The first-order valence-corrected chi connectivity index (χ1v) is 7.54. The van der Waals surface area contributed by atoms with Crippen LogP contribution in [-0.2, 0) is 0 Å². The van der Waals surface area contributed by atoms with Crippen molar-refractivity contribution in [2.75, 3.05) is 53.4 Å². The van der Waals surface area contributed by atoms with Crippen molar-refractivity contribution in [3.05, 3.63) is 29.8 Å². The van der Waals surface area contributed by atoms with E-state index in [0.717, 1.165) is 32.0 Å². The van der Waals surface area contributed by atoms with Gasteiger partial charge in [-0.2, -0.15) is 0 Å². The maximum Gasteiger partial charge on any atom is 0.119 e. The van der Waals surface area contributed by atoms with Crippen molar-refractivity contribution in [3.8, 4) is 5.75 Å². The van der Waals surface area contributed by atoms with Crippen LogP contribution >= 0.6 is 0 Å². The van der Waals surface area contributed by atoms with Gasteiger partial charge in [-0.15, -0.1) is 0 Å². The zero-order valence-corrected chi connectivity index (χ0v) is 12.9. The molecule has 0 spiro atoms. The fourth-order valence-corrected chi connectivity index (χ4v) is 2.62. The predicted molar refractivity (Wildman–Crippen MR) is 83.3 cm³/mol. The molecular weight excluding hydrogens is 250 g/mol. The van der Waals surface area contributed by atoms with Crippen LogP contribution < -0.4 is 10.1 Å². The molecule has 0 amide bonds. The lowest BCUT2D eigenvalue weighted by molar-refractivity contribution is 0.143. The van der Waals surface area contributed by atoms with Crippen molar-refractivity contribution in [1.29, 1.82) is 0 Å². The van der Waals surface area contributed by atoms with Crippen LogP contribution in [0.5, 0.6) is 5.75 Å². The Hall–Kier alpha value is -1.10. The third-order valence-electron chi connectivity index (χ3n) is 3.98. The van der Waals surface area contributed by atoms with Crippen LogP contribution in [0.15, 0.2) is 24.3 Å². The van der Waals surface area contributed by atoms with Crippen LogP contribution in [0.2, 0.25) is 0 Å². The SMILES string of the molecule is CCOc1ccc(C(CN2CCN(C)CC2)NC)cc1. The lowest BCUT2D eigenvalue weighted by atomic mass is 10.1. The summed E-state index contributed by atoms with van der Waals surface area (Å²) in [7, 11) is 4.23. The molecule has 1 aliphatic heterocycles. The van der Waals surface area contributed by atoms with Gasteiger partial charge in [0, 0.05) is 38.8 Å². The molecule has 1 aromatic carbocycles. The zero-order chi connectivity index (χ0) is 14.4. The van der Waals surface area contributed by atoms with Crippen LogP contribution in [0.4, 0.5) is 0 Å². The Morgan fingerprint density at radius 2 is 1.80 bits per heavy atom. The lowest BCUT2D eigenvalue weighted by Crippen LogP contribution is -2.47. The van der Waals surface area contributed by atoms with E-state index in [-0.39, 0.29) is 0 Å². The summed E-state index contributed by atoms with van der Waals surface area (Å²) >= 11 is 0. The summed E-state index contributed by atoms with van der Waals surface area (Å²) in [5.41, 5.74) is 1.33. The van der Waals surface area contributed by atoms with Gasteiger partial charge in [0.1, 0.15) is 5.75 Å².